The third-order valence-electron chi connectivity index (χ3n) is 29.0. The fraction of sp³-hybridized carbons (Fsp3) is 0.141. The fourth-order valence-corrected chi connectivity index (χ4v) is 51.8. The molecule has 2 aliphatic carbocycles. The zero-order valence-corrected chi connectivity index (χ0v) is 98.7. The van der Waals surface area contributed by atoms with Crippen LogP contribution in [0.15, 0.2) is 481 Å². The van der Waals surface area contributed by atoms with Crippen molar-refractivity contribution in [3.05, 3.63) is 517 Å². The molecule has 2 fully saturated rings. The summed E-state index contributed by atoms with van der Waals surface area (Å²) in [6.45, 7) is 8.78. The number of halogens is 1. The molecule has 22 rings (SSSR count). The summed E-state index contributed by atoms with van der Waals surface area (Å²) < 4.78 is 38.3. The molecule has 0 spiro atoms. The Morgan fingerprint density at radius 1 is 0.270 bits per heavy atom. The number of aliphatic imine (C=N–C) groups is 4. The van der Waals surface area contributed by atoms with Gasteiger partial charge >= 0.3 is 903 Å². The van der Waals surface area contributed by atoms with Crippen LogP contribution in [-0.4, -0.2) is 135 Å². The SMILES string of the molecule is Cc1cc2c(c([Si](c3ccccc3)(c3ccccc3)c3ccccc3)c1)[O][In]([Cl])[O]c1c(cc(C)cc1[Si](c1ccccc1)(c1ccccc1)c1ccccc1)C=N[C@@H]1CCCC[C@H]1N=C2.Cc1cc2c(c([Si](c3ccccc3)(c3ccccc3)c3ccccc3)c1)[O][In]([O]Cc1ccccn1)[O]c1c(cc(C)cc1[Si](c1ccccc1)(c1ccccc1)c1ccccc1)C=N[C@H]1CCCC[C@@H]1N=C2.[K+].[O-]Cc1ccccn1. The largest absolute Gasteiger partial charge is 1.00 e. The third kappa shape index (κ3) is 22.5. The molecule has 4 heterocycles. The van der Waals surface area contributed by atoms with E-state index in [1.807, 2.05) is 24.4 Å². The molecule has 0 bridgehead atoms. The minimum atomic E-state index is -4.47. The van der Waals surface area contributed by atoms with Gasteiger partial charge in [0.05, 0.1) is 0 Å². The molecule has 0 radical (unpaired) electrons. The van der Waals surface area contributed by atoms with Crippen molar-refractivity contribution in [3.8, 4) is 23.0 Å². The predicted octanol–water partition coefficient (Wildman–Crippen LogP) is 13.1. The van der Waals surface area contributed by atoms with E-state index in [1.165, 1.54) is 62.2 Å². The number of nitrogens with zero attached hydrogens (tertiary/aromatic N) is 6. The van der Waals surface area contributed by atoms with Crippen LogP contribution in [-0.2, 0) is 16.1 Å². The van der Waals surface area contributed by atoms with Crippen LogP contribution in [0.1, 0.15) is 107 Å². The standard InChI is InChI=1S/2C58H54N2O2Si2.2C6H6NO.ClH.2In.K/c2*1-43-37-45(57(61)55(39-43)63(47-23-9-3-10-24-47,48-25-11-4-12-26-48)49-27-13-5-14-28-49)41-59-53-35-21-22-36-54(53)60-42-46-38-44(2)40-56(58(46)62)64(50-29-15-6-16-30-50,51-31-17-7-18-32-51)52-33-19-8-20-34-52;2*8-5-6-3-1-2-4-7-6;;;;/h2*3-20,23-34,37-42,53-54,61-62H,21-22,35-36H2,1-2H3;2*1-4H,5H2;1H;;;/q;;2*-1;;2*+3;+1/p-5/t2*53-,54-;;;;;;/m10....../s1. The first-order valence-corrected chi connectivity index (χ1v) is 70.0. The summed E-state index contributed by atoms with van der Waals surface area (Å²) in [7, 11) is -4.70. The topological polar surface area (TPSA) is 144 Å². The summed E-state index contributed by atoms with van der Waals surface area (Å²) in [6.07, 6.45) is 20.0. The Morgan fingerprint density at radius 3 is 0.655 bits per heavy atom. The number of aromatic nitrogens is 2. The van der Waals surface area contributed by atoms with Crippen molar-refractivity contribution in [1.82, 2.24) is 9.97 Å². The smallest absolute Gasteiger partial charge is 0.850 e. The van der Waals surface area contributed by atoms with Gasteiger partial charge < -0.3 is 5.11 Å². The van der Waals surface area contributed by atoms with E-state index in [2.05, 4.69) is 470 Å². The average Bonchev–Trinajstić information content (AvgIpc) is 0.789. The van der Waals surface area contributed by atoms with Crippen molar-refractivity contribution in [3.63, 3.8) is 0 Å². The van der Waals surface area contributed by atoms with Crippen LogP contribution >= 0.6 is 8.58 Å². The zero-order valence-electron chi connectivity index (χ0n) is 84.2. The van der Waals surface area contributed by atoms with E-state index in [-0.39, 0.29) is 88.8 Å². The molecule has 4 atom stereocenters. The monoisotopic (exact) mass is 2250 g/mol. The summed E-state index contributed by atoms with van der Waals surface area (Å²) in [5.41, 5.74) is 9.61. The number of fused-ring (bicyclic) bond motifs is 6. The van der Waals surface area contributed by atoms with Crippen LogP contribution in [0.4, 0.5) is 0 Å². The first-order valence-electron chi connectivity index (χ1n) is 51.1. The van der Waals surface area contributed by atoms with Crippen LogP contribution in [0, 0.1) is 27.7 Å². The van der Waals surface area contributed by atoms with Gasteiger partial charge in [0.15, 0.2) is 0 Å². The van der Waals surface area contributed by atoms with Crippen molar-refractivity contribution >= 4 is 193 Å². The second kappa shape index (κ2) is 49.7. The van der Waals surface area contributed by atoms with E-state index in [0.29, 0.717) is 5.69 Å². The van der Waals surface area contributed by atoms with Crippen molar-refractivity contribution in [2.75, 3.05) is 0 Å². The van der Waals surface area contributed by atoms with Gasteiger partial charge in [-0.25, -0.2) is 0 Å². The second-order valence-corrected chi connectivity index (χ2v) is 62.7. The maximum atomic E-state index is 10.1. The molecule has 18 aromatic rings. The Bertz CT molecular complexity index is 6770. The number of rotatable bonds is 20. The van der Waals surface area contributed by atoms with Crippen LogP contribution < -0.4 is 151 Å². The summed E-state index contributed by atoms with van der Waals surface area (Å²) in [5.74, 6) is 3.06. The molecule has 16 aromatic carbocycles. The number of aryl methyl sites for hydroxylation is 4. The Balaban J connectivity index is 0.000000173. The van der Waals surface area contributed by atoms with E-state index in [0.717, 1.165) is 145 Å². The molecule has 12 nitrogen and oxygen atoms in total. The summed E-state index contributed by atoms with van der Waals surface area (Å²) in [5, 5.41) is 29.6. The van der Waals surface area contributed by atoms with Gasteiger partial charge in [0.1, 0.15) is 0 Å². The molecule has 0 unspecified atom stereocenters. The van der Waals surface area contributed by atoms with E-state index in [4.69, 9.17) is 47.8 Å². The van der Waals surface area contributed by atoms with Crippen LogP contribution in [0.3, 0.4) is 0 Å². The molecule has 0 N–H and O–H groups in total. The van der Waals surface area contributed by atoms with E-state index >= 15 is 0 Å². The van der Waals surface area contributed by atoms with Crippen molar-refractivity contribution in [1.29, 1.82) is 0 Å². The first-order chi connectivity index (χ1) is 72.4. The van der Waals surface area contributed by atoms with Gasteiger partial charge in [-0.3, -0.25) is 4.98 Å². The van der Waals surface area contributed by atoms with Crippen molar-refractivity contribution < 1.29 is 70.8 Å². The van der Waals surface area contributed by atoms with E-state index < -0.39 is 76.2 Å². The Morgan fingerprint density at radius 2 is 0.466 bits per heavy atom. The van der Waals surface area contributed by atoms with Gasteiger partial charge in [0.2, 0.25) is 0 Å². The van der Waals surface area contributed by atoms with Crippen LogP contribution in [0.2, 0.25) is 0 Å². The Labute approximate surface area is 939 Å². The molecule has 148 heavy (non-hydrogen) atoms. The summed E-state index contributed by atoms with van der Waals surface area (Å²) >= 11 is -8.63. The molecule has 0 amide bonds. The fourth-order valence-electron chi connectivity index (χ4n) is 22.6. The van der Waals surface area contributed by atoms with Gasteiger partial charge in [0, 0.05) is 11.9 Å². The normalized spacial score (nSPS) is 15.5. The average molecular weight is 2250 g/mol. The molecule has 0 saturated heterocycles. The van der Waals surface area contributed by atoms with Crippen LogP contribution in [0.5, 0.6) is 23.0 Å². The first kappa shape index (κ1) is 105. The molecular formula is C128H116ClIn2KN6O6Si4. The van der Waals surface area contributed by atoms with Gasteiger partial charge in [-0.1, -0.05) is 12.7 Å². The molecule has 2 aromatic heterocycles. The second-order valence-electron chi connectivity index (χ2n) is 38.4. The molecule has 724 valence electrons. The summed E-state index contributed by atoms with van der Waals surface area (Å²) in [6, 6.07) is 162. The van der Waals surface area contributed by atoms with Crippen molar-refractivity contribution in [2.24, 2.45) is 20.0 Å². The van der Waals surface area contributed by atoms with Crippen LogP contribution in [0.25, 0.3) is 0 Å². The van der Waals surface area contributed by atoms with Gasteiger partial charge in [0.25, 0.3) is 0 Å². The Hall–Kier alpha value is -11.8. The third-order valence-corrected chi connectivity index (χ3v) is 55.4. The zero-order chi connectivity index (χ0) is 100. The van der Waals surface area contributed by atoms with Gasteiger partial charge in [-0.2, -0.15) is 0 Å². The predicted molar refractivity (Wildman–Crippen MR) is 618 cm³/mol. The van der Waals surface area contributed by atoms with E-state index in [9.17, 15) is 5.11 Å². The van der Waals surface area contributed by atoms with E-state index in [1.54, 1.807) is 24.4 Å². The number of hydrogen-bond donors (Lipinski definition) is 0. The maximum absolute atomic E-state index is 10.1. The van der Waals surface area contributed by atoms with Gasteiger partial charge in [-0.05, 0) is 12.1 Å². The number of hydrogen-bond acceptors (Lipinski definition) is 12. The maximum Gasteiger partial charge on any atom is 1.00 e. The Kier molecular flexibility index (Phi) is 35.2. The number of benzene rings is 16. The molecule has 20 heteroatoms. The minimum absolute atomic E-state index is 0. The number of pyridine rings is 2. The molecular weight excluding hydrogens is 2130 g/mol. The summed E-state index contributed by atoms with van der Waals surface area (Å²) in [4.78, 5) is 30.5. The molecule has 4 aliphatic rings. The minimum Gasteiger partial charge on any atom is -0.850 e. The van der Waals surface area contributed by atoms with Gasteiger partial charge in [-0.15, -0.1) is 0 Å². The quantitative estimate of drug-likeness (QED) is 0.0542. The molecule has 2 aliphatic heterocycles. The van der Waals surface area contributed by atoms with Crippen molar-refractivity contribution in [2.45, 2.75) is 116 Å². The molecule has 2 saturated carbocycles.